The van der Waals surface area contributed by atoms with E-state index in [0.29, 0.717) is 25.7 Å². The van der Waals surface area contributed by atoms with Gasteiger partial charge in [0.1, 0.15) is 13.2 Å². The summed E-state index contributed by atoms with van der Waals surface area (Å²) in [5.41, 5.74) is 0. The van der Waals surface area contributed by atoms with E-state index in [1.165, 1.54) is 64.2 Å². The summed E-state index contributed by atoms with van der Waals surface area (Å²) in [7, 11) is 0. The van der Waals surface area contributed by atoms with E-state index in [1.54, 1.807) is 0 Å². The average molecular weight is 956 g/mol. The molecule has 0 spiro atoms. The van der Waals surface area contributed by atoms with Gasteiger partial charge < -0.3 is 14.2 Å². The van der Waals surface area contributed by atoms with Gasteiger partial charge in [0.2, 0.25) is 0 Å². The Morgan fingerprint density at radius 1 is 0.304 bits per heavy atom. The molecule has 6 heteroatoms. The zero-order chi connectivity index (χ0) is 50.0. The van der Waals surface area contributed by atoms with Crippen LogP contribution < -0.4 is 0 Å². The smallest absolute Gasteiger partial charge is 0.306 e. The van der Waals surface area contributed by atoms with E-state index >= 15 is 0 Å². The van der Waals surface area contributed by atoms with Crippen LogP contribution in [0, 0.1) is 0 Å². The maximum atomic E-state index is 12.8. The van der Waals surface area contributed by atoms with Crippen molar-refractivity contribution in [2.45, 2.75) is 245 Å². The highest BCUT2D eigenvalue weighted by Gasteiger charge is 2.19. The minimum Gasteiger partial charge on any atom is -0.462 e. The maximum Gasteiger partial charge on any atom is 0.306 e. The van der Waals surface area contributed by atoms with E-state index in [-0.39, 0.29) is 31.1 Å². The molecule has 0 aliphatic carbocycles. The van der Waals surface area contributed by atoms with Gasteiger partial charge in [-0.05, 0) is 128 Å². The Morgan fingerprint density at radius 2 is 0.580 bits per heavy atom. The minimum absolute atomic E-state index is 0.102. The third-order valence-corrected chi connectivity index (χ3v) is 11.4. The Hall–Kier alpha value is -4.19. The van der Waals surface area contributed by atoms with Crippen LogP contribution in [0.3, 0.4) is 0 Å². The van der Waals surface area contributed by atoms with Gasteiger partial charge in [-0.1, -0.05) is 213 Å². The van der Waals surface area contributed by atoms with Gasteiger partial charge in [0, 0.05) is 19.3 Å². The van der Waals surface area contributed by atoms with Crippen molar-refractivity contribution in [3.05, 3.63) is 122 Å². The summed E-state index contributed by atoms with van der Waals surface area (Å²) in [6.07, 6.45) is 77.6. The van der Waals surface area contributed by atoms with Gasteiger partial charge in [0.15, 0.2) is 6.10 Å². The molecule has 0 saturated carbocycles. The van der Waals surface area contributed by atoms with Gasteiger partial charge in [-0.2, -0.15) is 0 Å². The third kappa shape index (κ3) is 54.6. The standard InChI is InChI=1S/C63H102O6/c1-4-7-10-13-16-19-22-24-25-26-27-28-29-30-31-32-33-34-35-36-37-39-41-44-47-50-53-56-62(65)68-59-60(58-67-61(64)55-52-49-46-43-40-21-18-15-12-9-6-3)69-63(66)57-54-51-48-45-42-38-23-20-17-14-11-8-5-2/h7,10,15-16,18-20,23-25,27-28,30-31,33-34,36-37,41,44,60H,4-6,8-9,11-14,17,21-22,26,29,32,35,38-40,42-43,45-59H2,1-3H3/b10-7-,18-15-,19-16-,23-20-,25-24-,28-27-,31-30-,34-33-,37-36-,44-41-. The van der Waals surface area contributed by atoms with E-state index in [2.05, 4.69) is 142 Å². The van der Waals surface area contributed by atoms with Crippen LogP contribution in [-0.2, 0) is 28.6 Å². The molecular formula is C63H102O6. The molecule has 1 atom stereocenters. The minimum atomic E-state index is -0.806. The fourth-order valence-electron chi connectivity index (χ4n) is 7.20. The van der Waals surface area contributed by atoms with Gasteiger partial charge in [0.25, 0.3) is 0 Å². The quantitative estimate of drug-likeness (QED) is 0.0262. The molecule has 0 heterocycles. The summed E-state index contributed by atoms with van der Waals surface area (Å²) < 4.78 is 16.8. The monoisotopic (exact) mass is 955 g/mol. The molecule has 0 N–H and O–H groups in total. The molecule has 0 rings (SSSR count). The number of rotatable bonds is 49. The summed E-state index contributed by atoms with van der Waals surface area (Å²) in [5.74, 6) is -0.971. The number of allylic oxidation sites excluding steroid dienone is 20. The van der Waals surface area contributed by atoms with E-state index in [4.69, 9.17) is 14.2 Å². The number of hydrogen-bond acceptors (Lipinski definition) is 6. The first-order valence-electron chi connectivity index (χ1n) is 28.0. The highest BCUT2D eigenvalue weighted by atomic mass is 16.6. The molecule has 0 aromatic heterocycles. The van der Waals surface area contributed by atoms with Crippen LogP contribution in [0.15, 0.2) is 122 Å². The lowest BCUT2D eigenvalue weighted by Gasteiger charge is -2.18. The van der Waals surface area contributed by atoms with Crippen LogP contribution in [0.4, 0.5) is 0 Å². The summed E-state index contributed by atoms with van der Waals surface area (Å²) in [6.45, 7) is 6.41. The molecule has 0 amide bonds. The van der Waals surface area contributed by atoms with Crippen LogP contribution in [-0.4, -0.2) is 37.2 Å². The van der Waals surface area contributed by atoms with Crippen LogP contribution in [0.5, 0.6) is 0 Å². The second-order valence-electron chi connectivity index (χ2n) is 18.1. The fourth-order valence-corrected chi connectivity index (χ4v) is 7.20. The van der Waals surface area contributed by atoms with Crippen LogP contribution in [0.1, 0.15) is 239 Å². The lowest BCUT2D eigenvalue weighted by atomic mass is 10.1. The molecule has 0 saturated heterocycles. The molecular weight excluding hydrogens is 853 g/mol. The Labute approximate surface area is 424 Å². The van der Waals surface area contributed by atoms with Crippen molar-refractivity contribution in [3.8, 4) is 0 Å². The van der Waals surface area contributed by atoms with Crippen molar-refractivity contribution >= 4 is 17.9 Å². The normalized spacial score (nSPS) is 13.0. The average Bonchev–Trinajstić information content (AvgIpc) is 3.35. The lowest BCUT2D eigenvalue weighted by molar-refractivity contribution is -0.167. The van der Waals surface area contributed by atoms with Crippen LogP contribution in [0.2, 0.25) is 0 Å². The zero-order valence-electron chi connectivity index (χ0n) is 44.5. The molecule has 0 bridgehead atoms. The molecule has 0 radical (unpaired) electrons. The molecule has 1 unspecified atom stereocenters. The number of esters is 3. The predicted molar refractivity (Wildman–Crippen MR) is 297 cm³/mol. The van der Waals surface area contributed by atoms with Crippen molar-refractivity contribution in [1.29, 1.82) is 0 Å². The highest BCUT2D eigenvalue weighted by molar-refractivity contribution is 5.71. The van der Waals surface area contributed by atoms with Crippen LogP contribution >= 0.6 is 0 Å². The van der Waals surface area contributed by atoms with E-state index < -0.39 is 6.10 Å². The van der Waals surface area contributed by atoms with Gasteiger partial charge in [-0.25, -0.2) is 0 Å². The summed E-state index contributed by atoms with van der Waals surface area (Å²) in [5, 5.41) is 0. The zero-order valence-corrected chi connectivity index (χ0v) is 44.5. The highest BCUT2D eigenvalue weighted by Crippen LogP contribution is 2.13. The SMILES string of the molecule is CC/C=C\C/C=C\C/C=C\C/C=C\C/C=C\C/C=C\C/C=C\C/C=C\CCCCC(=O)OCC(COC(=O)CCCCCCC/C=C\CCCC)OC(=O)CCCCCCC/C=C\CCCCCC. The molecule has 0 aromatic rings. The first-order chi connectivity index (χ1) is 34.0. The molecule has 0 aromatic carbocycles. The Morgan fingerprint density at radius 3 is 0.971 bits per heavy atom. The first-order valence-corrected chi connectivity index (χ1v) is 28.0. The van der Waals surface area contributed by atoms with Gasteiger partial charge in [-0.3, -0.25) is 14.4 Å². The maximum absolute atomic E-state index is 12.8. The Bertz CT molecular complexity index is 1470. The molecule has 6 nitrogen and oxygen atoms in total. The van der Waals surface area contributed by atoms with Gasteiger partial charge in [-0.15, -0.1) is 0 Å². The van der Waals surface area contributed by atoms with E-state index in [0.717, 1.165) is 128 Å². The fraction of sp³-hybridized carbons (Fsp3) is 0.635. The number of carbonyl (C=O) groups excluding carboxylic acids is 3. The van der Waals surface area contributed by atoms with Crippen molar-refractivity contribution in [2.24, 2.45) is 0 Å². The predicted octanol–water partition coefficient (Wildman–Crippen LogP) is 18.9. The number of hydrogen-bond donors (Lipinski definition) is 0. The van der Waals surface area contributed by atoms with Crippen molar-refractivity contribution < 1.29 is 28.6 Å². The van der Waals surface area contributed by atoms with Gasteiger partial charge in [0.05, 0.1) is 0 Å². The summed E-state index contributed by atoms with van der Waals surface area (Å²) >= 11 is 0. The second-order valence-corrected chi connectivity index (χ2v) is 18.1. The van der Waals surface area contributed by atoms with Crippen molar-refractivity contribution in [2.75, 3.05) is 13.2 Å². The Kier molecular flexibility index (Phi) is 53.0. The molecule has 69 heavy (non-hydrogen) atoms. The molecule has 0 aliphatic rings. The van der Waals surface area contributed by atoms with E-state index in [1.807, 2.05) is 0 Å². The van der Waals surface area contributed by atoms with E-state index in [9.17, 15) is 14.4 Å². The largest absolute Gasteiger partial charge is 0.462 e. The number of carbonyl (C=O) groups is 3. The first kappa shape index (κ1) is 64.8. The van der Waals surface area contributed by atoms with Gasteiger partial charge >= 0.3 is 17.9 Å². The van der Waals surface area contributed by atoms with Crippen molar-refractivity contribution in [1.82, 2.24) is 0 Å². The lowest BCUT2D eigenvalue weighted by Crippen LogP contribution is -2.30. The number of ether oxygens (including phenoxy) is 3. The molecule has 0 aliphatic heterocycles. The number of unbranched alkanes of at least 4 members (excludes halogenated alkanes) is 18. The summed E-state index contributed by atoms with van der Waals surface area (Å²) in [6, 6.07) is 0. The second kappa shape index (κ2) is 56.4. The Balaban J connectivity index is 4.40. The van der Waals surface area contributed by atoms with Crippen molar-refractivity contribution in [3.63, 3.8) is 0 Å². The summed E-state index contributed by atoms with van der Waals surface area (Å²) in [4.78, 5) is 38.0. The third-order valence-electron chi connectivity index (χ3n) is 11.4. The topological polar surface area (TPSA) is 78.9 Å². The van der Waals surface area contributed by atoms with Crippen LogP contribution in [0.25, 0.3) is 0 Å². The molecule has 390 valence electrons. The molecule has 0 fully saturated rings.